The molecule has 0 saturated heterocycles. The zero-order valence-electron chi connectivity index (χ0n) is 36.9. The SMILES string of the molecule is CC(C)c1c[c-]c(-c2cc(C(C)C)c([Si](C)(C)C)cn2)cc1.[Ir].[c-]1ccc2c(oc3ccccc32)c1-c1nc2ccccc2n1-c1c(-c2ccccc2)cccc1-c1ccccc1. The van der Waals surface area contributed by atoms with Crippen molar-refractivity contribution >= 4 is 46.2 Å². The quantitative estimate of drug-likeness (QED) is 0.113. The minimum atomic E-state index is -1.36. The molecular formula is C57H51IrN3OSi-2. The Hall–Kier alpha value is -6.17. The van der Waals surface area contributed by atoms with Crippen molar-refractivity contribution in [2.45, 2.75) is 59.2 Å². The van der Waals surface area contributed by atoms with E-state index < -0.39 is 8.07 Å². The predicted molar refractivity (Wildman–Crippen MR) is 263 cm³/mol. The van der Waals surface area contributed by atoms with Gasteiger partial charge in [0.05, 0.1) is 36.2 Å². The smallest absolute Gasteiger partial charge is 0.120 e. The third-order valence-corrected chi connectivity index (χ3v) is 13.7. The second-order valence-electron chi connectivity index (χ2n) is 17.6. The number of nitrogens with zero attached hydrogens (tertiary/aromatic N) is 3. The summed E-state index contributed by atoms with van der Waals surface area (Å²) in [6.45, 7) is 16.1. The molecule has 7 aromatic carbocycles. The van der Waals surface area contributed by atoms with Gasteiger partial charge in [-0.1, -0.05) is 185 Å². The number of hydrogen-bond donors (Lipinski definition) is 0. The molecule has 0 aliphatic heterocycles. The van der Waals surface area contributed by atoms with E-state index in [2.05, 4.69) is 204 Å². The Bertz CT molecular complexity index is 3100. The van der Waals surface area contributed by atoms with Crippen LogP contribution in [0.3, 0.4) is 0 Å². The van der Waals surface area contributed by atoms with E-state index in [1.54, 1.807) is 0 Å². The Balaban J connectivity index is 0.000000203. The van der Waals surface area contributed by atoms with Crippen molar-refractivity contribution in [3.05, 3.63) is 193 Å². The molecule has 0 aliphatic carbocycles. The number of furan rings is 1. The molecule has 0 saturated carbocycles. The number of para-hydroxylation sites is 4. The first-order chi connectivity index (χ1) is 30.1. The zero-order chi connectivity index (χ0) is 43.0. The fourth-order valence-electron chi connectivity index (χ4n) is 8.44. The number of benzene rings is 7. The molecule has 4 nitrogen and oxygen atoms in total. The van der Waals surface area contributed by atoms with Crippen molar-refractivity contribution in [2.24, 2.45) is 0 Å². The summed E-state index contributed by atoms with van der Waals surface area (Å²) in [5, 5.41) is 3.62. The summed E-state index contributed by atoms with van der Waals surface area (Å²) >= 11 is 0. The molecule has 0 fully saturated rings. The van der Waals surface area contributed by atoms with Crippen LogP contribution in [0.15, 0.2) is 174 Å². The van der Waals surface area contributed by atoms with Gasteiger partial charge in [0.15, 0.2) is 0 Å². The minimum Gasteiger partial charge on any atom is -0.501 e. The van der Waals surface area contributed by atoms with Crippen molar-refractivity contribution in [3.63, 3.8) is 0 Å². The van der Waals surface area contributed by atoms with Gasteiger partial charge in [0, 0.05) is 42.8 Å². The van der Waals surface area contributed by atoms with E-state index in [-0.39, 0.29) is 20.1 Å². The second kappa shape index (κ2) is 18.3. The fourth-order valence-corrected chi connectivity index (χ4v) is 10.1. The Morgan fingerprint density at radius 1 is 0.635 bits per heavy atom. The number of pyridine rings is 1. The first-order valence-electron chi connectivity index (χ1n) is 21.6. The zero-order valence-corrected chi connectivity index (χ0v) is 40.3. The second-order valence-corrected chi connectivity index (χ2v) is 22.7. The van der Waals surface area contributed by atoms with E-state index in [0.29, 0.717) is 11.8 Å². The molecule has 10 aromatic rings. The Morgan fingerprint density at radius 2 is 1.29 bits per heavy atom. The molecule has 0 aliphatic rings. The first-order valence-corrected chi connectivity index (χ1v) is 25.1. The van der Waals surface area contributed by atoms with Crippen LogP contribution in [0.1, 0.15) is 50.7 Å². The average molecular weight is 1010 g/mol. The van der Waals surface area contributed by atoms with Crippen molar-refractivity contribution in [1.29, 1.82) is 0 Å². The van der Waals surface area contributed by atoms with Gasteiger partial charge in [-0.05, 0) is 46.1 Å². The maximum Gasteiger partial charge on any atom is 0.120 e. The van der Waals surface area contributed by atoms with Gasteiger partial charge in [-0.2, -0.15) is 0 Å². The molecule has 6 heteroatoms. The summed E-state index contributed by atoms with van der Waals surface area (Å²) in [6.07, 6.45) is 2.11. The summed E-state index contributed by atoms with van der Waals surface area (Å²) in [6, 6.07) is 63.8. The largest absolute Gasteiger partial charge is 0.501 e. The first kappa shape index (κ1) is 43.5. The Labute approximate surface area is 386 Å². The summed E-state index contributed by atoms with van der Waals surface area (Å²) in [5.41, 5.74) is 15.0. The minimum absolute atomic E-state index is 0. The predicted octanol–water partition coefficient (Wildman–Crippen LogP) is 15.1. The van der Waals surface area contributed by atoms with Crippen LogP contribution in [0.25, 0.3) is 83.6 Å². The van der Waals surface area contributed by atoms with Crippen LogP contribution in [0.2, 0.25) is 19.6 Å². The summed E-state index contributed by atoms with van der Waals surface area (Å²) in [4.78, 5) is 9.96. The number of fused-ring (bicyclic) bond motifs is 4. The van der Waals surface area contributed by atoms with Gasteiger partial charge in [0.1, 0.15) is 5.58 Å². The van der Waals surface area contributed by atoms with Gasteiger partial charge in [0.2, 0.25) is 0 Å². The molecule has 0 amide bonds. The third-order valence-electron chi connectivity index (χ3n) is 11.7. The van der Waals surface area contributed by atoms with Crippen LogP contribution >= 0.6 is 0 Å². The van der Waals surface area contributed by atoms with Crippen LogP contribution in [0.5, 0.6) is 0 Å². The summed E-state index contributed by atoms with van der Waals surface area (Å²) in [5.74, 6) is 1.86. The topological polar surface area (TPSA) is 43.9 Å². The molecule has 3 heterocycles. The Kier molecular flexibility index (Phi) is 12.6. The molecule has 1 radical (unpaired) electrons. The number of imidazole rings is 1. The van der Waals surface area contributed by atoms with Crippen LogP contribution in [0.4, 0.5) is 0 Å². The van der Waals surface area contributed by atoms with Crippen molar-refractivity contribution in [2.75, 3.05) is 0 Å². The molecule has 0 atom stereocenters. The van der Waals surface area contributed by atoms with Crippen molar-refractivity contribution in [1.82, 2.24) is 14.5 Å². The molecule has 0 spiro atoms. The molecular weight excluding hydrogens is 963 g/mol. The van der Waals surface area contributed by atoms with Crippen LogP contribution in [0, 0.1) is 12.1 Å². The molecule has 0 bridgehead atoms. The number of rotatable bonds is 8. The van der Waals surface area contributed by atoms with E-state index >= 15 is 0 Å². The normalized spacial score (nSPS) is 11.6. The maximum absolute atomic E-state index is 6.47. The molecule has 315 valence electrons. The molecule has 3 aromatic heterocycles. The van der Waals surface area contributed by atoms with E-state index in [9.17, 15) is 0 Å². The van der Waals surface area contributed by atoms with Gasteiger partial charge in [-0.25, -0.2) is 0 Å². The van der Waals surface area contributed by atoms with Crippen molar-refractivity contribution < 1.29 is 24.5 Å². The standard InChI is InChI=1S/C37H23N2O.C20H28NSi.Ir/c1-3-13-25(14-4-1)27-18-11-19-28(26-15-5-2-6-16-26)35(27)39-33-23-9-8-22-32(33)38-37(39)31-21-12-20-30-29-17-7-10-24-34(29)40-36(30)31;1-14(2)16-8-10-17(11-9-16)19-12-18(15(3)4)20(13-21-19)22(5,6)7;/h1-20,22-24H;8-10,12-15H,1-7H3;/q2*-1;. The third kappa shape index (κ3) is 8.64. The van der Waals surface area contributed by atoms with Gasteiger partial charge >= 0.3 is 0 Å². The maximum atomic E-state index is 6.47. The summed E-state index contributed by atoms with van der Waals surface area (Å²) < 4.78 is 8.76. The van der Waals surface area contributed by atoms with Crippen LogP contribution < -0.4 is 5.19 Å². The molecule has 0 unspecified atom stereocenters. The average Bonchev–Trinajstić information content (AvgIpc) is 3.88. The Morgan fingerprint density at radius 3 is 1.92 bits per heavy atom. The van der Waals surface area contributed by atoms with Crippen LogP contribution in [-0.4, -0.2) is 22.6 Å². The van der Waals surface area contributed by atoms with E-state index in [1.807, 2.05) is 30.3 Å². The van der Waals surface area contributed by atoms with E-state index in [0.717, 1.165) is 83.6 Å². The fraction of sp³-hybridized carbons (Fsp3) is 0.158. The van der Waals surface area contributed by atoms with Crippen molar-refractivity contribution in [3.8, 4) is 50.6 Å². The molecule has 0 N–H and O–H groups in total. The number of aromatic nitrogens is 3. The van der Waals surface area contributed by atoms with Gasteiger partial charge in [0.25, 0.3) is 0 Å². The van der Waals surface area contributed by atoms with Crippen LogP contribution in [-0.2, 0) is 20.1 Å². The van der Waals surface area contributed by atoms with Gasteiger partial charge in [-0.3, -0.25) is 4.98 Å². The van der Waals surface area contributed by atoms with Gasteiger partial charge < -0.3 is 14.0 Å². The van der Waals surface area contributed by atoms with Gasteiger partial charge in [-0.15, -0.1) is 53.6 Å². The van der Waals surface area contributed by atoms with E-state index in [1.165, 1.54) is 16.3 Å². The molecule has 63 heavy (non-hydrogen) atoms. The number of hydrogen-bond acceptors (Lipinski definition) is 3. The van der Waals surface area contributed by atoms with E-state index in [4.69, 9.17) is 14.4 Å². The molecule has 10 rings (SSSR count). The monoisotopic (exact) mass is 1010 g/mol. The summed E-state index contributed by atoms with van der Waals surface area (Å²) in [7, 11) is -1.36.